The molecule has 1 amide bonds. The first-order valence-corrected chi connectivity index (χ1v) is 7.41. The molecule has 0 bridgehead atoms. The Balaban J connectivity index is 1.94. The Labute approximate surface area is 142 Å². The first-order valence-electron chi connectivity index (χ1n) is 7.03. The van der Waals surface area contributed by atoms with Crippen LogP contribution in [0.4, 0.5) is 18.9 Å². The largest absolute Gasteiger partial charge is 0.484 e. The number of amides is 1. The normalized spacial score (nSPS) is 11.2. The third-order valence-corrected chi connectivity index (χ3v) is 3.87. The Bertz CT molecular complexity index is 719. The fraction of sp³-hybridized carbons (Fsp3) is 0.235. The topological polar surface area (TPSA) is 38.3 Å². The van der Waals surface area contributed by atoms with Crippen LogP contribution in [0.1, 0.15) is 16.7 Å². The Morgan fingerprint density at radius 1 is 1.12 bits per heavy atom. The van der Waals surface area contributed by atoms with Gasteiger partial charge in [0.15, 0.2) is 6.61 Å². The number of aryl methyl sites for hydroxylation is 2. The molecule has 0 saturated heterocycles. The summed E-state index contributed by atoms with van der Waals surface area (Å²) in [4.78, 5) is 11.8. The van der Waals surface area contributed by atoms with E-state index < -0.39 is 17.6 Å². The van der Waals surface area contributed by atoms with Gasteiger partial charge >= 0.3 is 6.18 Å². The molecule has 2 aromatic carbocycles. The molecule has 0 aliphatic rings. The molecule has 0 saturated carbocycles. The summed E-state index contributed by atoms with van der Waals surface area (Å²) >= 11 is 6.05. The maximum atomic E-state index is 12.5. The van der Waals surface area contributed by atoms with Gasteiger partial charge in [-0.1, -0.05) is 11.6 Å². The third kappa shape index (κ3) is 4.64. The van der Waals surface area contributed by atoms with E-state index in [-0.39, 0.29) is 12.3 Å². The molecule has 128 valence electrons. The summed E-state index contributed by atoms with van der Waals surface area (Å²) in [5.41, 5.74) is 1.15. The zero-order valence-corrected chi connectivity index (χ0v) is 13.8. The number of ether oxygens (including phenoxy) is 1. The molecule has 7 heteroatoms. The number of anilines is 1. The molecule has 0 radical (unpaired) electrons. The first-order chi connectivity index (χ1) is 11.2. The van der Waals surface area contributed by atoms with Crippen LogP contribution in [0.25, 0.3) is 0 Å². The molecule has 0 aliphatic carbocycles. The Kier molecular flexibility index (Phi) is 5.39. The minimum atomic E-state index is -4.41. The molecular formula is C17H15ClF3NO2. The van der Waals surface area contributed by atoms with Crippen molar-refractivity contribution < 1.29 is 22.7 Å². The lowest BCUT2D eigenvalue weighted by Crippen LogP contribution is -2.20. The van der Waals surface area contributed by atoms with Crippen molar-refractivity contribution in [1.82, 2.24) is 0 Å². The second-order valence-corrected chi connectivity index (χ2v) is 5.66. The van der Waals surface area contributed by atoms with Gasteiger partial charge in [-0.25, -0.2) is 0 Å². The summed E-state index contributed by atoms with van der Waals surface area (Å²) in [6.07, 6.45) is -4.41. The highest BCUT2D eigenvalue weighted by molar-refractivity contribution is 6.32. The van der Waals surface area contributed by atoms with Crippen molar-refractivity contribution in [1.29, 1.82) is 0 Å². The molecule has 0 aromatic heterocycles. The Morgan fingerprint density at radius 2 is 1.67 bits per heavy atom. The Hall–Kier alpha value is -2.21. The maximum absolute atomic E-state index is 12.5. The Morgan fingerprint density at radius 3 is 2.17 bits per heavy atom. The van der Waals surface area contributed by atoms with Crippen LogP contribution >= 0.6 is 11.6 Å². The summed E-state index contributed by atoms with van der Waals surface area (Å²) in [6, 6.07) is 7.61. The molecule has 0 aliphatic heterocycles. The highest BCUT2D eigenvalue weighted by Gasteiger charge is 2.29. The zero-order chi connectivity index (χ0) is 17.9. The van der Waals surface area contributed by atoms with Gasteiger partial charge in [0.2, 0.25) is 0 Å². The van der Waals surface area contributed by atoms with E-state index in [4.69, 9.17) is 16.3 Å². The average molecular weight is 358 g/mol. The number of alkyl halides is 3. The lowest BCUT2D eigenvalue weighted by Gasteiger charge is -2.11. The first kappa shape index (κ1) is 18.1. The van der Waals surface area contributed by atoms with Gasteiger partial charge in [0.05, 0.1) is 5.56 Å². The zero-order valence-electron chi connectivity index (χ0n) is 13.0. The predicted octanol–water partition coefficient (Wildman–Crippen LogP) is 4.99. The quantitative estimate of drug-likeness (QED) is 0.836. The second-order valence-electron chi connectivity index (χ2n) is 5.28. The van der Waals surface area contributed by atoms with Crippen molar-refractivity contribution in [2.75, 3.05) is 11.9 Å². The van der Waals surface area contributed by atoms with E-state index in [0.29, 0.717) is 10.8 Å². The number of benzene rings is 2. The van der Waals surface area contributed by atoms with Gasteiger partial charge in [-0.05, 0) is 61.4 Å². The summed E-state index contributed by atoms with van der Waals surface area (Å²) in [6.45, 7) is 3.39. The van der Waals surface area contributed by atoms with Crippen LogP contribution in [0, 0.1) is 13.8 Å². The molecule has 0 atom stereocenters. The molecule has 0 fully saturated rings. The molecule has 3 nitrogen and oxygen atoms in total. The average Bonchev–Trinajstić information content (AvgIpc) is 2.50. The summed E-state index contributed by atoms with van der Waals surface area (Å²) in [5, 5.41) is 3.11. The van der Waals surface area contributed by atoms with Crippen LogP contribution in [-0.2, 0) is 11.0 Å². The predicted molar refractivity (Wildman–Crippen MR) is 86.5 cm³/mol. The van der Waals surface area contributed by atoms with Crippen LogP contribution in [0.15, 0.2) is 36.4 Å². The van der Waals surface area contributed by atoms with Crippen molar-refractivity contribution in [3.8, 4) is 5.75 Å². The monoisotopic (exact) mass is 357 g/mol. The fourth-order valence-electron chi connectivity index (χ4n) is 2.08. The van der Waals surface area contributed by atoms with E-state index >= 15 is 0 Å². The van der Waals surface area contributed by atoms with Crippen molar-refractivity contribution in [3.05, 3.63) is 58.1 Å². The molecule has 0 heterocycles. The van der Waals surface area contributed by atoms with Crippen molar-refractivity contribution in [2.24, 2.45) is 0 Å². The summed E-state index contributed by atoms with van der Waals surface area (Å²) in [7, 11) is 0. The van der Waals surface area contributed by atoms with Gasteiger partial charge in [-0.2, -0.15) is 13.2 Å². The van der Waals surface area contributed by atoms with E-state index in [1.165, 1.54) is 12.1 Å². The lowest BCUT2D eigenvalue weighted by molar-refractivity contribution is -0.137. The van der Waals surface area contributed by atoms with Crippen LogP contribution in [-0.4, -0.2) is 12.5 Å². The number of rotatable bonds is 4. The minimum absolute atomic E-state index is 0.262. The van der Waals surface area contributed by atoms with Crippen LogP contribution in [0.2, 0.25) is 5.02 Å². The molecule has 2 aromatic rings. The van der Waals surface area contributed by atoms with Crippen LogP contribution in [0.5, 0.6) is 5.75 Å². The van der Waals surface area contributed by atoms with Crippen molar-refractivity contribution >= 4 is 23.2 Å². The molecule has 2 rings (SSSR count). The SMILES string of the molecule is Cc1cc(OCC(=O)Nc2ccc(C(F)(F)F)cc2)cc(C)c1Cl. The van der Waals surface area contributed by atoms with Crippen LogP contribution in [0.3, 0.4) is 0 Å². The molecular weight excluding hydrogens is 343 g/mol. The number of carbonyl (C=O) groups excluding carboxylic acids is 1. The van der Waals surface area contributed by atoms with Gasteiger partial charge in [0.25, 0.3) is 5.91 Å². The van der Waals surface area contributed by atoms with Gasteiger partial charge in [-0.15, -0.1) is 0 Å². The number of halogens is 4. The standard InChI is InChI=1S/C17H15ClF3NO2/c1-10-7-14(8-11(2)16(10)18)24-9-15(23)22-13-5-3-12(4-6-13)17(19,20)21/h3-8H,9H2,1-2H3,(H,22,23). The molecule has 1 N–H and O–H groups in total. The number of nitrogens with one attached hydrogen (secondary N) is 1. The van der Waals surface area contributed by atoms with Crippen molar-refractivity contribution in [3.63, 3.8) is 0 Å². The van der Waals surface area contributed by atoms with E-state index in [1.54, 1.807) is 12.1 Å². The fourth-order valence-corrected chi connectivity index (χ4v) is 2.19. The molecule has 0 unspecified atom stereocenters. The highest BCUT2D eigenvalue weighted by atomic mass is 35.5. The van der Waals surface area contributed by atoms with Gasteiger partial charge in [-0.3, -0.25) is 4.79 Å². The minimum Gasteiger partial charge on any atom is -0.484 e. The number of carbonyl (C=O) groups is 1. The van der Waals surface area contributed by atoms with E-state index in [1.807, 2.05) is 13.8 Å². The highest BCUT2D eigenvalue weighted by Crippen LogP contribution is 2.30. The number of hydrogen-bond donors (Lipinski definition) is 1. The molecule has 24 heavy (non-hydrogen) atoms. The third-order valence-electron chi connectivity index (χ3n) is 3.28. The molecule has 0 spiro atoms. The van der Waals surface area contributed by atoms with Gasteiger partial charge in [0.1, 0.15) is 5.75 Å². The van der Waals surface area contributed by atoms with Crippen molar-refractivity contribution in [2.45, 2.75) is 20.0 Å². The van der Waals surface area contributed by atoms with E-state index in [9.17, 15) is 18.0 Å². The van der Waals surface area contributed by atoms with E-state index in [2.05, 4.69) is 5.32 Å². The lowest BCUT2D eigenvalue weighted by atomic mass is 10.1. The summed E-state index contributed by atoms with van der Waals surface area (Å²) in [5.74, 6) is 0.0250. The van der Waals surface area contributed by atoms with Gasteiger partial charge in [0, 0.05) is 10.7 Å². The number of hydrogen-bond acceptors (Lipinski definition) is 2. The summed E-state index contributed by atoms with van der Waals surface area (Å²) < 4.78 is 42.8. The van der Waals surface area contributed by atoms with E-state index in [0.717, 1.165) is 23.3 Å². The van der Waals surface area contributed by atoms with Crippen LogP contribution < -0.4 is 10.1 Å². The van der Waals surface area contributed by atoms with Gasteiger partial charge < -0.3 is 10.1 Å². The maximum Gasteiger partial charge on any atom is 0.416 e. The smallest absolute Gasteiger partial charge is 0.416 e. The second kappa shape index (κ2) is 7.13.